The highest BCUT2D eigenvalue weighted by Gasteiger charge is 2.63. The first-order valence-electron chi connectivity index (χ1n) is 22.4. The Hall–Kier alpha value is -1.30. The van der Waals surface area contributed by atoms with E-state index in [1.54, 1.807) is 0 Å². The lowest BCUT2D eigenvalue weighted by molar-refractivity contribution is -0.336. The molecule has 58 heavy (non-hydrogen) atoms. The lowest BCUT2D eigenvalue weighted by Crippen LogP contribution is -2.61. The standard InChI is InChI=1S/C44H75NO13/c1-21(2)16-33(48)45-19-22(3)8-11-30(46)23(4)34-31(47)18-29-27-10-9-25-17-26(12-14-43(25,6)28(27)13-15-44(29,34)7)57-42-40(54)38(52)36(50)32(58-42)20-55-41-39(53)37(51)35(49)24(5)56-41/h21-29,31-32,34-42,47,49-54H,8-20H2,1-7H3,(H,45,48)/t22-,23+,24+,25-,26-,27-,28+,29+,31-,32+,34+,35+,36+,37-,38-,39+,40+,41+,42+,43+,44+/m1/s1. The fourth-order valence-electron chi connectivity index (χ4n) is 12.6. The Morgan fingerprint density at radius 3 is 2.16 bits per heavy atom. The molecule has 14 heteroatoms. The summed E-state index contributed by atoms with van der Waals surface area (Å²) in [5.74, 6) is 2.14. The molecule has 334 valence electrons. The Labute approximate surface area is 344 Å². The highest BCUT2D eigenvalue weighted by molar-refractivity contribution is 5.81. The fraction of sp³-hybridized carbons (Fsp3) is 0.955. The van der Waals surface area contributed by atoms with Crippen LogP contribution in [0.1, 0.15) is 119 Å². The molecule has 8 N–H and O–H groups in total. The molecule has 2 aliphatic heterocycles. The molecule has 0 unspecified atom stereocenters. The average Bonchev–Trinajstić information content (AvgIpc) is 3.45. The summed E-state index contributed by atoms with van der Waals surface area (Å²) in [5, 5.41) is 77.6. The van der Waals surface area contributed by atoms with Crippen LogP contribution in [0.2, 0.25) is 0 Å². The zero-order valence-corrected chi connectivity index (χ0v) is 35.8. The van der Waals surface area contributed by atoms with Gasteiger partial charge in [-0.15, -0.1) is 0 Å². The van der Waals surface area contributed by atoms with Gasteiger partial charge >= 0.3 is 0 Å². The maximum absolute atomic E-state index is 13.7. The molecule has 14 nitrogen and oxygen atoms in total. The molecule has 4 saturated carbocycles. The number of amides is 1. The third kappa shape index (κ3) is 9.23. The number of fused-ring (bicyclic) bond motifs is 5. The van der Waals surface area contributed by atoms with E-state index in [0.717, 1.165) is 51.4 Å². The Morgan fingerprint density at radius 1 is 0.776 bits per heavy atom. The summed E-state index contributed by atoms with van der Waals surface area (Å²) in [7, 11) is 0. The van der Waals surface area contributed by atoms with E-state index in [0.29, 0.717) is 55.4 Å². The number of Topliss-reactive ketones (excluding diaryl/α,β-unsaturated/α-hetero) is 1. The summed E-state index contributed by atoms with van der Waals surface area (Å²) in [6.07, 6.45) is -5.21. The third-order valence-corrected chi connectivity index (χ3v) is 16.1. The normalized spacial score (nSPS) is 47.7. The molecule has 6 aliphatic rings. The number of hydrogen-bond donors (Lipinski definition) is 8. The van der Waals surface area contributed by atoms with Crippen molar-refractivity contribution in [2.24, 2.45) is 58.2 Å². The van der Waals surface area contributed by atoms with Crippen LogP contribution in [0.15, 0.2) is 0 Å². The van der Waals surface area contributed by atoms with Crippen LogP contribution in [0.3, 0.4) is 0 Å². The SMILES string of the molecule is CC(C)CC(=O)NC[C@H](C)CCC(=O)[C@H](C)[C@H]1[C@H](O)C[C@H]2[C@@H]3CC[C@@H]4C[C@H](O[C@H]5O[C@@H](CO[C@H]6O[C@@H](C)[C@H](O)[C@@H](O)[C@@H]6O)[C@H](O)[C@@H](O)[C@@H]5O)CC[C@]4(C)[C@H]3CC[C@]12C. The number of nitrogens with one attached hydrogen (secondary N) is 1. The molecule has 0 aromatic rings. The molecule has 6 rings (SSSR count). The molecular weight excluding hydrogens is 750 g/mol. The summed E-state index contributed by atoms with van der Waals surface area (Å²) >= 11 is 0. The van der Waals surface area contributed by atoms with E-state index in [4.69, 9.17) is 18.9 Å². The predicted molar refractivity (Wildman–Crippen MR) is 212 cm³/mol. The second kappa shape index (κ2) is 18.6. The first kappa shape index (κ1) is 46.2. The van der Waals surface area contributed by atoms with E-state index < -0.39 is 67.5 Å². The van der Waals surface area contributed by atoms with Crippen molar-refractivity contribution in [2.75, 3.05) is 13.2 Å². The van der Waals surface area contributed by atoms with Gasteiger partial charge in [-0.1, -0.05) is 41.5 Å². The van der Waals surface area contributed by atoms with E-state index in [1.807, 2.05) is 20.8 Å². The largest absolute Gasteiger partial charge is 0.393 e. The van der Waals surface area contributed by atoms with Gasteiger partial charge in [-0.25, -0.2) is 0 Å². The van der Waals surface area contributed by atoms with Gasteiger partial charge in [0, 0.05) is 25.3 Å². The summed E-state index contributed by atoms with van der Waals surface area (Å²) in [6.45, 7) is 14.7. The summed E-state index contributed by atoms with van der Waals surface area (Å²) in [4.78, 5) is 25.8. The monoisotopic (exact) mass is 826 g/mol. The highest BCUT2D eigenvalue weighted by Crippen LogP contribution is 2.68. The molecule has 0 spiro atoms. The highest BCUT2D eigenvalue weighted by atomic mass is 16.7. The minimum Gasteiger partial charge on any atom is -0.393 e. The van der Waals surface area contributed by atoms with Crippen molar-refractivity contribution in [1.82, 2.24) is 5.32 Å². The van der Waals surface area contributed by atoms with Crippen molar-refractivity contribution in [2.45, 2.75) is 193 Å². The molecule has 4 aliphatic carbocycles. The van der Waals surface area contributed by atoms with Gasteiger partial charge in [0.1, 0.15) is 48.5 Å². The molecule has 21 atom stereocenters. The van der Waals surface area contributed by atoms with Crippen LogP contribution in [0.4, 0.5) is 0 Å². The minimum atomic E-state index is -1.57. The van der Waals surface area contributed by atoms with E-state index >= 15 is 0 Å². The van der Waals surface area contributed by atoms with Crippen molar-refractivity contribution in [3.05, 3.63) is 0 Å². The Kier molecular flexibility index (Phi) is 14.8. The maximum Gasteiger partial charge on any atom is 0.220 e. The summed E-state index contributed by atoms with van der Waals surface area (Å²) < 4.78 is 23.5. The molecule has 1 amide bonds. The van der Waals surface area contributed by atoms with Crippen LogP contribution in [0, 0.1) is 58.2 Å². The molecule has 0 aromatic heterocycles. The van der Waals surface area contributed by atoms with Gasteiger partial charge in [-0.05, 0) is 117 Å². The van der Waals surface area contributed by atoms with Crippen LogP contribution in [0.5, 0.6) is 0 Å². The van der Waals surface area contributed by atoms with Crippen molar-refractivity contribution in [3.63, 3.8) is 0 Å². The Balaban J connectivity index is 1.02. The third-order valence-electron chi connectivity index (χ3n) is 16.1. The van der Waals surface area contributed by atoms with Gasteiger partial charge in [0.25, 0.3) is 0 Å². The van der Waals surface area contributed by atoms with E-state index in [2.05, 4.69) is 26.1 Å². The van der Waals surface area contributed by atoms with E-state index in [9.17, 15) is 45.3 Å². The van der Waals surface area contributed by atoms with Crippen LogP contribution in [-0.4, -0.2) is 134 Å². The summed E-state index contributed by atoms with van der Waals surface area (Å²) in [6, 6.07) is 0. The molecule has 2 saturated heterocycles. The zero-order chi connectivity index (χ0) is 42.4. The van der Waals surface area contributed by atoms with Crippen molar-refractivity contribution >= 4 is 11.7 Å². The van der Waals surface area contributed by atoms with Gasteiger partial charge in [-0.3, -0.25) is 9.59 Å². The topological polar surface area (TPSA) is 225 Å². The minimum absolute atomic E-state index is 0.0532. The molecule has 0 aromatic carbocycles. The molecule has 6 fully saturated rings. The molecule has 2 heterocycles. The van der Waals surface area contributed by atoms with Gasteiger partial charge in [0.15, 0.2) is 12.6 Å². The van der Waals surface area contributed by atoms with Gasteiger partial charge in [-0.2, -0.15) is 0 Å². The fourth-order valence-corrected chi connectivity index (χ4v) is 12.6. The number of carbonyl (C=O) groups is 2. The number of aliphatic hydroxyl groups excluding tert-OH is 7. The number of carbonyl (C=O) groups excluding carboxylic acids is 2. The second-order valence-corrected chi connectivity index (χ2v) is 20.4. The smallest absolute Gasteiger partial charge is 0.220 e. The second-order valence-electron chi connectivity index (χ2n) is 20.4. The van der Waals surface area contributed by atoms with Crippen LogP contribution < -0.4 is 5.32 Å². The lowest BCUT2D eigenvalue weighted by Gasteiger charge is -2.61. The Bertz CT molecular complexity index is 1400. The first-order valence-corrected chi connectivity index (χ1v) is 22.4. The molecular formula is C44H75NO13. The number of ether oxygens (including phenoxy) is 4. The lowest BCUT2D eigenvalue weighted by atomic mass is 9.44. The number of hydrogen-bond acceptors (Lipinski definition) is 13. The first-order chi connectivity index (χ1) is 27.3. The Morgan fingerprint density at radius 2 is 1.45 bits per heavy atom. The zero-order valence-electron chi connectivity index (χ0n) is 35.8. The van der Waals surface area contributed by atoms with Crippen molar-refractivity contribution in [3.8, 4) is 0 Å². The molecule has 0 bridgehead atoms. The van der Waals surface area contributed by atoms with Gasteiger partial charge < -0.3 is 60.0 Å². The molecule has 0 radical (unpaired) electrons. The average molecular weight is 826 g/mol. The van der Waals surface area contributed by atoms with E-state index in [-0.39, 0.29) is 53.0 Å². The van der Waals surface area contributed by atoms with Crippen LogP contribution >= 0.6 is 0 Å². The number of ketones is 1. The maximum atomic E-state index is 13.7. The van der Waals surface area contributed by atoms with E-state index in [1.165, 1.54) is 6.92 Å². The van der Waals surface area contributed by atoms with Crippen LogP contribution in [0.25, 0.3) is 0 Å². The van der Waals surface area contributed by atoms with Crippen molar-refractivity contribution < 1.29 is 64.3 Å². The number of rotatable bonds is 14. The van der Waals surface area contributed by atoms with Gasteiger partial charge in [0.05, 0.1) is 24.9 Å². The van der Waals surface area contributed by atoms with Gasteiger partial charge in [0.2, 0.25) is 5.91 Å². The number of aliphatic hydroxyl groups is 7. The van der Waals surface area contributed by atoms with Crippen LogP contribution in [-0.2, 0) is 28.5 Å². The summed E-state index contributed by atoms with van der Waals surface area (Å²) in [5.41, 5.74) is -0.0419. The predicted octanol–water partition coefficient (Wildman–Crippen LogP) is 2.44. The van der Waals surface area contributed by atoms with Crippen molar-refractivity contribution in [1.29, 1.82) is 0 Å². The quantitative estimate of drug-likeness (QED) is 0.118.